The number of amides is 1. The zero-order valence-electron chi connectivity index (χ0n) is 17.5. The zero-order chi connectivity index (χ0) is 21.3. The summed E-state index contributed by atoms with van der Waals surface area (Å²) in [6.07, 6.45) is 0.567. The lowest BCUT2D eigenvalue weighted by Gasteiger charge is -2.07. The van der Waals surface area contributed by atoms with E-state index >= 15 is 0 Å². The highest BCUT2D eigenvalue weighted by atomic mass is 19.1. The Morgan fingerprint density at radius 2 is 1.71 bits per heavy atom. The predicted octanol–water partition coefficient (Wildman–Crippen LogP) is 6.09. The van der Waals surface area contributed by atoms with E-state index in [1.165, 1.54) is 24.3 Å². The van der Waals surface area contributed by atoms with E-state index in [9.17, 15) is 13.6 Å². The Hall–Kier alpha value is -2.69. The minimum Gasteiger partial charge on any atom is -0.356 e. The summed E-state index contributed by atoms with van der Waals surface area (Å²) in [7, 11) is 0. The van der Waals surface area contributed by atoms with Gasteiger partial charge < -0.3 is 10.3 Å². The van der Waals surface area contributed by atoms with Gasteiger partial charge in [0, 0.05) is 23.2 Å². The van der Waals surface area contributed by atoms with Gasteiger partial charge in [0.05, 0.1) is 5.52 Å². The first-order valence-electron chi connectivity index (χ1n) is 9.77. The molecule has 0 fully saturated rings. The molecule has 0 saturated heterocycles. The fourth-order valence-electron chi connectivity index (χ4n) is 2.99. The number of hydrogen-bond donors (Lipinski definition) is 2. The van der Waals surface area contributed by atoms with Crippen LogP contribution in [-0.2, 0) is 6.42 Å². The number of halogens is 2. The molecule has 0 aliphatic carbocycles. The molecule has 2 aromatic carbocycles. The Balaban J connectivity index is 0.000000921. The van der Waals surface area contributed by atoms with Gasteiger partial charge in [0.15, 0.2) is 0 Å². The average molecular weight is 389 g/mol. The van der Waals surface area contributed by atoms with E-state index in [2.05, 4.69) is 10.3 Å². The van der Waals surface area contributed by atoms with Crippen molar-refractivity contribution >= 4 is 16.8 Å². The van der Waals surface area contributed by atoms with Crippen molar-refractivity contribution in [3.05, 3.63) is 70.4 Å². The molecule has 2 N–H and O–H groups in total. The molecule has 0 bridgehead atoms. The number of hydrogen-bond acceptors (Lipinski definition) is 1. The van der Waals surface area contributed by atoms with Gasteiger partial charge in [-0.15, -0.1) is 0 Å². The van der Waals surface area contributed by atoms with Gasteiger partial charge in [0.2, 0.25) is 0 Å². The summed E-state index contributed by atoms with van der Waals surface area (Å²) < 4.78 is 27.1. The Morgan fingerprint density at radius 3 is 2.36 bits per heavy atom. The fraction of sp³-hybridized carbons (Fsp3) is 0.348. The average Bonchev–Trinajstić information content (AvgIpc) is 3.05. The number of rotatable bonds is 4. The van der Waals surface area contributed by atoms with Gasteiger partial charge in [-0.1, -0.05) is 39.8 Å². The van der Waals surface area contributed by atoms with Crippen LogP contribution >= 0.6 is 0 Å². The van der Waals surface area contributed by atoms with Crippen molar-refractivity contribution in [2.45, 2.75) is 48.0 Å². The second kappa shape index (κ2) is 11.2. The van der Waals surface area contributed by atoms with Crippen molar-refractivity contribution in [1.82, 2.24) is 10.3 Å². The lowest BCUT2D eigenvalue weighted by atomic mass is 10.0. The van der Waals surface area contributed by atoms with Crippen LogP contribution in [0.2, 0.25) is 0 Å². The third kappa shape index (κ3) is 5.41. The lowest BCUT2D eigenvalue weighted by Crippen LogP contribution is -2.25. The minimum absolute atomic E-state index is 0.284. The molecular formula is C23H30F2N2O. The van der Waals surface area contributed by atoms with Gasteiger partial charge in [-0.25, -0.2) is 8.78 Å². The van der Waals surface area contributed by atoms with Gasteiger partial charge in [0.1, 0.15) is 11.6 Å². The van der Waals surface area contributed by atoms with Crippen molar-refractivity contribution in [1.29, 1.82) is 0 Å². The van der Waals surface area contributed by atoms with Crippen molar-refractivity contribution in [3.8, 4) is 0 Å². The lowest BCUT2D eigenvalue weighted by molar-refractivity contribution is 0.0953. The quantitative estimate of drug-likeness (QED) is 0.558. The number of aromatic nitrogens is 1. The van der Waals surface area contributed by atoms with Crippen LogP contribution in [0.25, 0.3) is 10.9 Å². The Bertz CT molecular complexity index is 916. The maximum atomic E-state index is 13.9. The molecule has 0 saturated carbocycles. The SMILES string of the molecule is CC.CC.Cc1[nH]c2c(F)ccc(C)c2c1CCNC(=O)c1cccc(F)c1. The summed E-state index contributed by atoms with van der Waals surface area (Å²) in [5.41, 5.74) is 3.65. The number of carbonyl (C=O) groups is 1. The van der Waals surface area contributed by atoms with Gasteiger partial charge in [-0.3, -0.25) is 4.79 Å². The first-order chi connectivity index (χ1) is 13.5. The van der Waals surface area contributed by atoms with Crippen LogP contribution < -0.4 is 5.32 Å². The van der Waals surface area contributed by atoms with Crippen molar-refractivity contribution < 1.29 is 13.6 Å². The van der Waals surface area contributed by atoms with Crippen LogP contribution in [0.4, 0.5) is 8.78 Å². The first kappa shape index (κ1) is 23.3. The van der Waals surface area contributed by atoms with E-state index in [-0.39, 0.29) is 17.3 Å². The number of benzene rings is 2. The summed E-state index contributed by atoms with van der Waals surface area (Å²) in [4.78, 5) is 15.1. The van der Waals surface area contributed by atoms with E-state index in [0.29, 0.717) is 18.5 Å². The Labute approximate surface area is 166 Å². The summed E-state index contributed by atoms with van der Waals surface area (Å²) in [6, 6.07) is 8.76. The molecule has 0 unspecified atom stereocenters. The van der Waals surface area contributed by atoms with Crippen LogP contribution in [0.1, 0.15) is 54.9 Å². The molecule has 0 radical (unpaired) electrons. The molecule has 3 nitrogen and oxygen atoms in total. The molecule has 28 heavy (non-hydrogen) atoms. The fourth-order valence-corrected chi connectivity index (χ4v) is 2.99. The molecule has 0 aliphatic rings. The maximum Gasteiger partial charge on any atom is 0.251 e. The molecule has 3 aromatic rings. The summed E-state index contributed by atoms with van der Waals surface area (Å²) in [5.74, 6) is -1.05. The van der Waals surface area contributed by atoms with E-state index < -0.39 is 5.82 Å². The molecule has 3 rings (SSSR count). The highest BCUT2D eigenvalue weighted by Gasteiger charge is 2.14. The second-order valence-corrected chi connectivity index (χ2v) is 5.86. The standard InChI is InChI=1S/C19H18F2N2O.2C2H6/c1-11-6-7-16(21)18-17(11)15(12(2)23-18)8-9-22-19(24)13-4-3-5-14(20)10-13;2*1-2/h3-7,10,23H,8-9H2,1-2H3,(H,22,24);2*1-2H3. The molecule has 0 aliphatic heterocycles. The van der Waals surface area contributed by atoms with Crippen molar-refractivity contribution in [3.63, 3.8) is 0 Å². The minimum atomic E-state index is -0.443. The smallest absolute Gasteiger partial charge is 0.251 e. The number of carbonyl (C=O) groups excluding carboxylic acids is 1. The predicted molar refractivity (Wildman–Crippen MR) is 113 cm³/mol. The molecule has 0 atom stereocenters. The summed E-state index contributed by atoms with van der Waals surface area (Å²) in [6.45, 7) is 12.2. The Morgan fingerprint density at radius 1 is 1.04 bits per heavy atom. The van der Waals surface area contributed by atoms with Crippen LogP contribution in [-0.4, -0.2) is 17.4 Å². The maximum absolute atomic E-state index is 13.9. The van der Waals surface area contributed by atoms with Gasteiger partial charge in [0.25, 0.3) is 5.91 Å². The molecule has 0 spiro atoms. The van der Waals surface area contributed by atoms with Crippen molar-refractivity contribution in [2.75, 3.05) is 6.54 Å². The Kier molecular flexibility index (Phi) is 9.36. The monoisotopic (exact) mass is 388 g/mol. The molecule has 1 amide bonds. The normalized spacial score (nSPS) is 9.86. The van der Waals surface area contributed by atoms with Crippen LogP contribution in [0.5, 0.6) is 0 Å². The van der Waals surface area contributed by atoms with Crippen LogP contribution in [0.15, 0.2) is 36.4 Å². The summed E-state index contributed by atoms with van der Waals surface area (Å²) >= 11 is 0. The van der Waals surface area contributed by atoms with Crippen LogP contribution in [0, 0.1) is 25.5 Å². The molecule has 1 heterocycles. The van der Waals surface area contributed by atoms with Crippen LogP contribution in [0.3, 0.4) is 0 Å². The first-order valence-corrected chi connectivity index (χ1v) is 9.77. The number of aromatic amines is 1. The van der Waals surface area contributed by atoms with E-state index in [0.717, 1.165) is 22.2 Å². The third-order valence-corrected chi connectivity index (χ3v) is 4.18. The van der Waals surface area contributed by atoms with E-state index in [1.807, 2.05) is 41.5 Å². The van der Waals surface area contributed by atoms with E-state index in [1.54, 1.807) is 12.1 Å². The molecule has 5 heteroatoms. The van der Waals surface area contributed by atoms with E-state index in [4.69, 9.17) is 0 Å². The highest BCUT2D eigenvalue weighted by molar-refractivity contribution is 5.94. The second-order valence-electron chi connectivity index (χ2n) is 5.86. The molecule has 1 aromatic heterocycles. The zero-order valence-corrected chi connectivity index (χ0v) is 17.5. The molecular weight excluding hydrogens is 358 g/mol. The topological polar surface area (TPSA) is 44.9 Å². The van der Waals surface area contributed by atoms with Gasteiger partial charge >= 0.3 is 0 Å². The third-order valence-electron chi connectivity index (χ3n) is 4.18. The number of H-pyrrole nitrogens is 1. The highest BCUT2D eigenvalue weighted by Crippen LogP contribution is 2.27. The van der Waals surface area contributed by atoms with Crippen molar-refractivity contribution in [2.24, 2.45) is 0 Å². The molecule has 152 valence electrons. The van der Waals surface area contributed by atoms with Gasteiger partial charge in [-0.05, 0) is 55.7 Å². The summed E-state index contributed by atoms with van der Waals surface area (Å²) in [5, 5.41) is 3.65. The number of fused-ring (bicyclic) bond motifs is 1. The van der Waals surface area contributed by atoms with Gasteiger partial charge in [-0.2, -0.15) is 0 Å². The number of aryl methyl sites for hydroxylation is 2. The largest absolute Gasteiger partial charge is 0.356 e. The number of nitrogens with one attached hydrogen (secondary N) is 2.